The first-order valence-electron chi connectivity index (χ1n) is 34.5. The van der Waals surface area contributed by atoms with Gasteiger partial charge in [-0.15, -0.1) is 0 Å². The number of carbonyl (C=O) groups excluding carboxylic acids is 12. The number of aromatic amines is 2. The van der Waals surface area contributed by atoms with Crippen molar-refractivity contribution >= 4 is 93.5 Å². The Morgan fingerprint density at radius 2 is 1.31 bits per heavy atom. The van der Waals surface area contributed by atoms with Crippen molar-refractivity contribution < 1.29 is 67.7 Å². The Hall–Kier alpha value is -10.3. The molecule has 4 aromatic rings. The number of nitrogens with zero attached hydrogens (tertiary/aromatic N) is 3. The normalized spacial score (nSPS) is 18.0. The minimum atomic E-state index is -2.94. The number of nitrogens with two attached hydrogens (primary N) is 4. The average Bonchev–Trinajstić information content (AvgIpc) is 1.00. The van der Waals surface area contributed by atoms with Gasteiger partial charge in [-0.25, -0.2) is 4.98 Å². The van der Waals surface area contributed by atoms with Crippen molar-refractivity contribution in [3.63, 3.8) is 0 Å². The molecule has 2 saturated heterocycles. The summed E-state index contributed by atoms with van der Waals surface area (Å²) in [5.74, 6) is -13.4. The van der Waals surface area contributed by atoms with Crippen LogP contribution in [0.4, 0.5) is 0 Å². The number of likely N-dealkylation sites (N-methyl/N-ethyl adjacent to an activating group) is 1. The van der Waals surface area contributed by atoms with E-state index in [-0.39, 0.29) is 132 Å². The van der Waals surface area contributed by atoms with Crippen LogP contribution in [0.1, 0.15) is 121 Å². The van der Waals surface area contributed by atoms with E-state index in [0.717, 1.165) is 11.9 Å². The molecule has 7 rings (SSSR count). The van der Waals surface area contributed by atoms with E-state index in [2.05, 4.69) is 62.8 Å². The number of phenols is 1. The molecule has 10 atom stereocenters. The molecule has 2 aliphatic heterocycles. The van der Waals surface area contributed by atoms with Gasteiger partial charge in [-0.3, -0.25) is 73.3 Å². The van der Waals surface area contributed by atoms with Crippen molar-refractivity contribution in [2.45, 2.75) is 177 Å². The Balaban J connectivity index is 1.27. The summed E-state index contributed by atoms with van der Waals surface area (Å²) in [6, 6.07) is -0.926. The van der Waals surface area contributed by atoms with Crippen LogP contribution in [-0.2, 0) is 76.8 Å². The summed E-state index contributed by atoms with van der Waals surface area (Å²) < 4.78 is 0. The van der Waals surface area contributed by atoms with Crippen molar-refractivity contribution in [2.75, 3.05) is 39.8 Å². The van der Waals surface area contributed by atoms with Gasteiger partial charge in [0.1, 0.15) is 42.0 Å². The summed E-state index contributed by atoms with van der Waals surface area (Å²) in [7, 11) is 1.05. The van der Waals surface area contributed by atoms with Gasteiger partial charge in [0.15, 0.2) is 28.9 Å². The minimum Gasteiger partial charge on any atom is -0.508 e. The summed E-state index contributed by atoms with van der Waals surface area (Å²) in [5.41, 5.74) is 22.1. The fourth-order valence-electron chi connectivity index (χ4n) is 13.5. The molecule has 2 aromatic heterocycles. The number of ketones is 2. The first-order chi connectivity index (χ1) is 48.7. The zero-order valence-electron chi connectivity index (χ0n) is 57.7. The zero-order chi connectivity index (χ0) is 74.4. The number of fused-ring (bicyclic) bond motifs is 1. The number of nitrogens with one attached hydrogen (secondary N) is 13. The second-order valence-corrected chi connectivity index (χ2v) is 26.6. The number of hydrogen-bond donors (Lipinski definition) is 19. The molecule has 34 nitrogen and oxygen atoms in total. The molecule has 34 heteroatoms. The molecule has 1 aliphatic carbocycles. The number of aliphatic hydroxyl groups is 1. The monoisotopic (exact) mass is 1420 g/mol. The van der Waals surface area contributed by atoms with Gasteiger partial charge in [-0.1, -0.05) is 63.4 Å². The Labute approximate surface area is 589 Å². The summed E-state index contributed by atoms with van der Waals surface area (Å²) in [6.45, 7) is 1.77. The van der Waals surface area contributed by atoms with Gasteiger partial charge in [0.05, 0.1) is 43.3 Å². The predicted molar refractivity (Wildman–Crippen MR) is 372 cm³/mol. The molecular formula is C68H98N20O14. The number of likely N-dealkylation sites (tertiary alicyclic amines) is 1. The largest absolute Gasteiger partial charge is 0.508 e. The fourth-order valence-corrected chi connectivity index (χ4v) is 13.5. The molecule has 0 spiro atoms. The number of benzene rings is 2. The van der Waals surface area contributed by atoms with Crippen LogP contribution in [0.5, 0.6) is 5.75 Å². The van der Waals surface area contributed by atoms with E-state index >= 15 is 28.8 Å². The molecule has 0 radical (unpaired) electrons. The van der Waals surface area contributed by atoms with Gasteiger partial charge in [0, 0.05) is 69.2 Å². The maximum atomic E-state index is 16.7. The van der Waals surface area contributed by atoms with Crippen LogP contribution in [0.2, 0.25) is 0 Å². The number of aromatic nitrogens is 3. The van der Waals surface area contributed by atoms with Crippen LogP contribution in [0.25, 0.3) is 10.9 Å². The quantitative estimate of drug-likeness (QED) is 0.00948. The minimum absolute atomic E-state index is 0.00413. The van der Waals surface area contributed by atoms with Crippen LogP contribution < -0.4 is 70.8 Å². The number of amides is 10. The number of phenolic OH excluding ortho intramolecular Hbond substituents is 1. The molecular weight excluding hydrogens is 1320 g/mol. The lowest BCUT2D eigenvalue weighted by Gasteiger charge is -2.44. The number of aliphatic hydroxyl groups excluding tert-OH is 1. The molecule has 0 bridgehead atoms. The number of guanidine groups is 2. The van der Waals surface area contributed by atoms with E-state index < -0.39 is 156 Å². The Morgan fingerprint density at radius 1 is 0.716 bits per heavy atom. The zero-order valence-corrected chi connectivity index (χ0v) is 57.7. The number of imidazole rings is 1. The van der Waals surface area contributed by atoms with Crippen molar-refractivity contribution in [1.82, 2.24) is 72.6 Å². The predicted octanol–water partition coefficient (Wildman–Crippen LogP) is -2.66. The lowest BCUT2D eigenvalue weighted by molar-refractivity contribution is -0.167. The first-order valence-corrected chi connectivity index (χ1v) is 34.5. The standard InChI is InChI=1S/C68H98N20O14/c1-37(2)28-44(70)58(95)81-46(16-9-25-76-66(71)72)59(96)82-48(17-10-26-77-67(73)74)64(101)88-27-11-18-53(88)57(94)68(40-12-5-4-6-13-40,65(102)87(3)55(92)32-69)56(93)49(29-38-19-21-42(90)22-20-38)83-63(100)52(35-89)86-61(98)50(30-39-33-78-45-15-8-7-14-43(39)45)84-62(99)51(31-41-34-75-36-79-41)85-60(97)47-23-24-54(91)80-47/h7-8,14-15,19-22,33-34,36-37,40,44,46-53,78,89-90H,4-6,9-13,16-18,23-32,35,69-70H2,1-3H3,(H,75,79)(H,80,91)(H,81,95)(H,82,96)(H,83,100)(H,84,99)(H,85,97)(H,86,98)(H4,71,72,76)(H4,73,74,77)/t44-,46-,47-,48-,49-,50-,51-,52-,53-,68?/m0/s1. The lowest BCUT2D eigenvalue weighted by atomic mass is 9.60. The topological polar surface area (TPSA) is 556 Å². The number of para-hydroxylation sites is 1. The number of carbonyl (C=O) groups is 12. The third-order valence-electron chi connectivity index (χ3n) is 18.8. The third kappa shape index (κ3) is 20.9. The van der Waals surface area contributed by atoms with Crippen molar-refractivity contribution in [3.8, 4) is 5.75 Å². The van der Waals surface area contributed by atoms with E-state index in [9.17, 15) is 39.0 Å². The smallest absolute Gasteiger partial charge is 0.250 e. The molecule has 102 heavy (non-hydrogen) atoms. The van der Waals surface area contributed by atoms with Crippen molar-refractivity contribution in [1.29, 1.82) is 10.8 Å². The van der Waals surface area contributed by atoms with Gasteiger partial charge >= 0.3 is 0 Å². The Morgan fingerprint density at radius 3 is 1.92 bits per heavy atom. The maximum absolute atomic E-state index is 16.7. The number of hydrogen-bond acceptors (Lipinski definition) is 19. The summed E-state index contributed by atoms with van der Waals surface area (Å²) >= 11 is 0. The van der Waals surface area contributed by atoms with E-state index in [1.54, 1.807) is 30.5 Å². The molecule has 23 N–H and O–H groups in total. The number of imide groups is 1. The highest BCUT2D eigenvalue weighted by molar-refractivity contribution is 6.29. The van der Waals surface area contributed by atoms with Crippen LogP contribution in [-0.4, -0.2) is 212 Å². The molecule has 2 aromatic carbocycles. The van der Waals surface area contributed by atoms with Crippen LogP contribution in [0.15, 0.2) is 67.3 Å². The highest BCUT2D eigenvalue weighted by Crippen LogP contribution is 2.45. The Kier molecular flexibility index (Phi) is 28.9. The van der Waals surface area contributed by atoms with E-state index in [1.165, 1.54) is 36.8 Å². The lowest BCUT2D eigenvalue weighted by Crippen LogP contribution is -2.67. The molecule has 4 heterocycles. The van der Waals surface area contributed by atoms with Crippen molar-refractivity contribution in [2.24, 2.45) is 40.2 Å². The van der Waals surface area contributed by atoms with E-state index in [0.29, 0.717) is 46.3 Å². The van der Waals surface area contributed by atoms with E-state index in [1.807, 2.05) is 13.8 Å². The fraction of sp³-hybridized carbons (Fsp3) is 0.544. The highest BCUT2D eigenvalue weighted by atomic mass is 16.3. The van der Waals surface area contributed by atoms with Gasteiger partial charge in [0.25, 0.3) is 5.91 Å². The molecule has 554 valence electrons. The second kappa shape index (κ2) is 37.4. The molecule has 1 unspecified atom stereocenters. The summed E-state index contributed by atoms with van der Waals surface area (Å²) in [5, 5.41) is 61.5. The molecule has 10 amide bonds. The molecule has 3 fully saturated rings. The van der Waals surface area contributed by atoms with E-state index in [4.69, 9.17) is 33.8 Å². The van der Waals surface area contributed by atoms with Gasteiger partial charge in [-0.05, 0) is 112 Å². The number of aromatic hydroxyl groups is 1. The number of rotatable bonds is 37. The Bertz CT molecular complexity index is 3650. The van der Waals surface area contributed by atoms with Crippen molar-refractivity contribution in [3.05, 3.63) is 84.1 Å². The molecule has 3 aliphatic rings. The third-order valence-corrected chi connectivity index (χ3v) is 18.8. The van der Waals surface area contributed by atoms with Gasteiger partial charge < -0.3 is 95.9 Å². The summed E-state index contributed by atoms with van der Waals surface area (Å²) in [4.78, 5) is 189. The second-order valence-electron chi connectivity index (χ2n) is 26.6. The molecule has 1 saturated carbocycles. The van der Waals surface area contributed by atoms with Gasteiger partial charge in [0.2, 0.25) is 53.2 Å². The maximum Gasteiger partial charge on any atom is 0.250 e. The van der Waals surface area contributed by atoms with Crippen LogP contribution >= 0.6 is 0 Å². The van der Waals surface area contributed by atoms with Crippen LogP contribution in [0, 0.1) is 28.1 Å². The first kappa shape index (κ1) is 79.0. The van der Waals surface area contributed by atoms with Gasteiger partial charge in [-0.2, -0.15) is 0 Å². The average molecular weight is 1420 g/mol. The number of H-pyrrole nitrogens is 2. The SMILES string of the molecule is CC(C)C[C@H](N)C(=O)N[C@@H](CCCNC(=N)N)C(=O)N[C@@H](CCCNC(=N)N)C(=O)N1CCC[C@H]1C(=O)C(C(=O)[C@H](Cc1ccc(O)cc1)NC(=O)[C@H](CO)NC(=O)[C@H](Cc1c[nH]c2ccccc12)NC(=O)[C@H](Cc1c[nH]cn1)NC(=O)[C@@H]1CCC(=O)N1)(C(=O)N(C)C(=O)CN)C1CCCCC1. The highest BCUT2D eigenvalue weighted by Gasteiger charge is 2.63. The van der Waals surface area contributed by atoms with Crippen LogP contribution in [0.3, 0.4) is 0 Å². The number of Topliss-reactive ketones (excluding diaryl/α,β-unsaturated/α-hetero) is 2. The summed E-state index contributed by atoms with van der Waals surface area (Å²) in [6.07, 6.45) is 5.39.